The van der Waals surface area contributed by atoms with E-state index in [2.05, 4.69) is 4.72 Å². The molecule has 1 fully saturated rings. The molecule has 1 saturated heterocycles. The summed E-state index contributed by atoms with van der Waals surface area (Å²) in [5.74, 6) is -1.85. The number of carbonyl (C=O) groups is 3. The van der Waals surface area contributed by atoms with Gasteiger partial charge in [-0.05, 0) is 37.6 Å². The summed E-state index contributed by atoms with van der Waals surface area (Å²) in [5, 5.41) is 0.376. The molecule has 1 aromatic rings. The average Bonchev–Trinajstić information content (AvgIpc) is 2.98. The SMILES string of the molecule is C[C@H](NS(=O)(=O)c1ccc(Cl)cc1)C(=O)OCC(=O)N1CCCC1=O. The fourth-order valence-electron chi connectivity index (χ4n) is 2.21. The maximum Gasteiger partial charge on any atom is 0.324 e. The smallest absolute Gasteiger partial charge is 0.324 e. The number of nitrogens with zero attached hydrogens (tertiary/aromatic N) is 1. The van der Waals surface area contributed by atoms with Crippen molar-refractivity contribution in [3.05, 3.63) is 29.3 Å². The van der Waals surface area contributed by atoms with Crippen LogP contribution in [0.1, 0.15) is 19.8 Å². The Morgan fingerprint density at radius 1 is 1.32 bits per heavy atom. The zero-order chi connectivity index (χ0) is 18.6. The van der Waals surface area contributed by atoms with Crippen LogP contribution in [0.5, 0.6) is 0 Å². The van der Waals surface area contributed by atoms with Crippen molar-refractivity contribution in [1.82, 2.24) is 9.62 Å². The number of sulfonamides is 1. The Morgan fingerprint density at radius 2 is 1.96 bits per heavy atom. The van der Waals surface area contributed by atoms with Crippen LogP contribution < -0.4 is 4.72 Å². The van der Waals surface area contributed by atoms with Gasteiger partial charge in [0.15, 0.2) is 6.61 Å². The molecule has 1 N–H and O–H groups in total. The van der Waals surface area contributed by atoms with E-state index in [1.165, 1.54) is 31.2 Å². The van der Waals surface area contributed by atoms with Crippen LogP contribution in [-0.2, 0) is 29.1 Å². The summed E-state index contributed by atoms with van der Waals surface area (Å²) in [6, 6.07) is 4.20. The molecular weight excluding hydrogens is 372 g/mol. The predicted octanol–water partition coefficient (Wildman–Crippen LogP) is 0.699. The van der Waals surface area contributed by atoms with E-state index in [4.69, 9.17) is 16.3 Å². The van der Waals surface area contributed by atoms with Crippen LogP contribution in [0.3, 0.4) is 0 Å². The first-order chi connectivity index (χ1) is 11.7. The normalized spacial score (nSPS) is 15.9. The van der Waals surface area contributed by atoms with E-state index in [1.807, 2.05) is 0 Å². The van der Waals surface area contributed by atoms with Crippen LogP contribution in [0.25, 0.3) is 0 Å². The van der Waals surface area contributed by atoms with Gasteiger partial charge in [0.1, 0.15) is 6.04 Å². The van der Waals surface area contributed by atoms with Gasteiger partial charge in [0.25, 0.3) is 5.91 Å². The minimum atomic E-state index is -3.94. The molecule has 2 amide bonds. The molecule has 1 aliphatic heterocycles. The third-order valence-corrected chi connectivity index (χ3v) is 5.33. The van der Waals surface area contributed by atoms with Crippen molar-refractivity contribution in [3.8, 4) is 0 Å². The topological polar surface area (TPSA) is 110 Å². The number of esters is 1. The highest BCUT2D eigenvalue weighted by molar-refractivity contribution is 7.89. The average molecular weight is 389 g/mol. The second-order valence-electron chi connectivity index (χ2n) is 5.45. The number of imide groups is 1. The molecule has 1 aliphatic rings. The minimum Gasteiger partial charge on any atom is -0.454 e. The highest BCUT2D eigenvalue weighted by Gasteiger charge is 2.28. The highest BCUT2D eigenvalue weighted by atomic mass is 35.5. The Bertz CT molecular complexity index is 778. The summed E-state index contributed by atoms with van der Waals surface area (Å²) in [6.45, 7) is 0.979. The van der Waals surface area contributed by atoms with Crippen LogP contribution in [0.4, 0.5) is 0 Å². The molecule has 0 unspecified atom stereocenters. The molecule has 2 rings (SSSR count). The number of ether oxygens (including phenoxy) is 1. The zero-order valence-corrected chi connectivity index (χ0v) is 15.0. The number of amides is 2. The van der Waals surface area contributed by atoms with Gasteiger partial charge in [0.2, 0.25) is 15.9 Å². The van der Waals surface area contributed by atoms with Crippen LogP contribution >= 0.6 is 11.6 Å². The fourth-order valence-corrected chi connectivity index (χ4v) is 3.53. The first kappa shape index (κ1) is 19.4. The van der Waals surface area contributed by atoms with Gasteiger partial charge in [-0.1, -0.05) is 11.6 Å². The van der Waals surface area contributed by atoms with Crippen LogP contribution in [0.15, 0.2) is 29.2 Å². The summed E-state index contributed by atoms with van der Waals surface area (Å²) in [5.41, 5.74) is 0. The van der Waals surface area contributed by atoms with Crippen molar-refractivity contribution in [2.24, 2.45) is 0 Å². The number of hydrogen-bond acceptors (Lipinski definition) is 6. The standard InChI is InChI=1S/C15H17ClN2O6S/c1-10(17-25(22,23)12-6-4-11(16)5-7-12)15(21)24-9-14(20)18-8-2-3-13(18)19/h4-7,10,17H,2-3,8-9H2,1H3/t10-/m0/s1. The number of carbonyl (C=O) groups excluding carboxylic acids is 3. The van der Waals surface area contributed by atoms with E-state index < -0.39 is 34.5 Å². The van der Waals surface area contributed by atoms with E-state index in [1.54, 1.807) is 0 Å². The first-order valence-corrected chi connectivity index (χ1v) is 9.34. The summed E-state index contributed by atoms with van der Waals surface area (Å²) in [7, 11) is -3.94. The number of halogens is 1. The lowest BCUT2D eigenvalue weighted by molar-refractivity contribution is -0.155. The molecule has 10 heteroatoms. The Hall–Kier alpha value is -1.97. The second kappa shape index (κ2) is 7.94. The Kier molecular flexibility index (Phi) is 6.15. The predicted molar refractivity (Wildman–Crippen MR) is 88.1 cm³/mol. The molecule has 0 aliphatic carbocycles. The van der Waals surface area contributed by atoms with E-state index in [0.717, 1.165) is 4.90 Å². The lowest BCUT2D eigenvalue weighted by Gasteiger charge is -2.16. The molecule has 1 atom stereocenters. The number of benzene rings is 1. The van der Waals surface area contributed by atoms with Crippen molar-refractivity contribution in [1.29, 1.82) is 0 Å². The van der Waals surface area contributed by atoms with Gasteiger partial charge in [-0.15, -0.1) is 0 Å². The maximum atomic E-state index is 12.2. The summed E-state index contributed by atoms with van der Waals surface area (Å²) in [6.07, 6.45) is 0.868. The molecule has 8 nitrogen and oxygen atoms in total. The van der Waals surface area contributed by atoms with Gasteiger partial charge in [-0.25, -0.2) is 8.42 Å². The maximum absolute atomic E-state index is 12.2. The summed E-state index contributed by atoms with van der Waals surface area (Å²) in [4.78, 5) is 36.1. The van der Waals surface area contributed by atoms with Crippen molar-refractivity contribution >= 4 is 39.4 Å². The third-order valence-electron chi connectivity index (χ3n) is 3.52. The lowest BCUT2D eigenvalue weighted by atomic mass is 10.4. The number of nitrogens with one attached hydrogen (secondary N) is 1. The van der Waals surface area contributed by atoms with Crippen LogP contribution in [-0.4, -0.2) is 50.3 Å². The highest BCUT2D eigenvalue weighted by Crippen LogP contribution is 2.14. The van der Waals surface area contributed by atoms with Crippen LogP contribution in [0, 0.1) is 0 Å². The largest absolute Gasteiger partial charge is 0.454 e. The third kappa shape index (κ3) is 5.00. The second-order valence-corrected chi connectivity index (χ2v) is 7.60. The van der Waals surface area contributed by atoms with Crippen molar-refractivity contribution in [3.63, 3.8) is 0 Å². The molecule has 0 aromatic heterocycles. The van der Waals surface area contributed by atoms with Gasteiger partial charge < -0.3 is 4.74 Å². The van der Waals surface area contributed by atoms with Gasteiger partial charge in [-0.2, -0.15) is 4.72 Å². The summed E-state index contributed by atoms with van der Waals surface area (Å²) < 4.78 is 31.3. The summed E-state index contributed by atoms with van der Waals surface area (Å²) >= 11 is 5.70. The molecule has 25 heavy (non-hydrogen) atoms. The van der Waals surface area contributed by atoms with E-state index >= 15 is 0 Å². The van der Waals surface area contributed by atoms with Gasteiger partial charge in [0.05, 0.1) is 4.90 Å². The number of likely N-dealkylation sites (tertiary alicyclic amines) is 1. The van der Waals surface area contributed by atoms with E-state index in [9.17, 15) is 22.8 Å². The van der Waals surface area contributed by atoms with Gasteiger partial charge in [0, 0.05) is 18.0 Å². The molecule has 0 radical (unpaired) electrons. The minimum absolute atomic E-state index is 0.0599. The Morgan fingerprint density at radius 3 is 2.52 bits per heavy atom. The molecule has 1 heterocycles. The molecule has 136 valence electrons. The molecule has 0 spiro atoms. The monoisotopic (exact) mass is 388 g/mol. The Balaban J connectivity index is 1.90. The zero-order valence-electron chi connectivity index (χ0n) is 13.4. The lowest BCUT2D eigenvalue weighted by Crippen LogP contribution is -2.41. The molecule has 1 aromatic carbocycles. The van der Waals surface area contributed by atoms with Gasteiger partial charge >= 0.3 is 5.97 Å². The molecule has 0 saturated carbocycles. The molecule has 0 bridgehead atoms. The van der Waals surface area contributed by atoms with Crippen LogP contribution in [0.2, 0.25) is 5.02 Å². The van der Waals surface area contributed by atoms with Crippen molar-refractivity contribution in [2.45, 2.75) is 30.7 Å². The molecular formula is C15H17ClN2O6S. The van der Waals surface area contributed by atoms with Gasteiger partial charge in [-0.3, -0.25) is 19.3 Å². The first-order valence-electron chi connectivity index (χ1n) is 7.48. The van der Waals surface area contributed by atoms with E-state index in [-0.39, 0.29) is 17.2 Å². The quantitative estimate of drug-likeness (QED) is 0.718. The fraction of sp³-hybridized carbons (Fsp3) is 0.400. The Labute approximate surface area is 150 Å². The number of rotatable bonds is 6. The van der Waals surface area contributed by atoms with E-state index in [0.29, 0.717) is 18.0 Å². The van der Waals surface area contributed by atoms with Crippen molar-refractivity contribution < 1.29 is 27.5 Å². The number of hydrogen-bond donors (Lipinski definition) is 1. The van der Waals surface area contributed by atoms with Crippen molar-refractivity contribution in [2.75, 3.05) is 13.2 Å².